The zero-order chi connectivity index (χ0) is 29.9. The zero-order valence-corrected chi connectivity index (χ0v) is 30.0. The number of nitro benzene ring substituents is 2. The van der Waals surface area contributed by atoms with Crippen LogP contribution in [-0.4, -0.2) is 26.6 Å². The van der Waals surface area contributed by atoms with Gasteiger partial charge in [-0.1, -0.05) is 23.2 Å². The van der Waals surface area contributed by atoms with Gasteiger partial charge in [-0.3, -0.25) is 20.2 Å². The van der Waals surface area contributed by atoms with Gasteiger partial charge in [0.05, 0.1) is 43.5 Å². The predicted octanol–water partition coefficient (Wildman–Crippen LogP) is 8.26. The maximum atomic E-state index is 10.7. The monoisotopic (exact) mass is 956 g/mol. The van der Waals surface area contributed by atoms with Crippen LogP contribution in [0.4, 0.5) is 28.4 Å². The first-order valence-electron chi connectivity index (χ1n) is 10.9. The number of nitro groups is 2. The maximum absolute atomic E-state index is 10.7. The number of benzene rings is 2. The number of anilines is 3. The van der Waals surface area contributed by atoms with E-state index in [9.17, 15) is 20.2 Å². The van der Waals surface area contributed by atoms with E-state index in [2.05, 4.69) is 73.8 Å². The van der Waals surface area contributed by atoms with Gasteiger partial charge >= 0.3 is 64.9 Å². The minimum absolute atomic E-state index is 0.0131. The third-order valence-corrected chi connectivity index (χ3v) is 5.59. The van der Waals surface area contributed by atoms with Crippen molar-refractivity contribution in [2.24, 2.45) is 0 Å². The molecule has 2 aromatic carbocycles. The number of nitrogens with two attached hydrogens (primary N) is 3. The summed E-state index contributed by atoms with van der Waals surface area (Å²) in [6.07, 6.45) is 7.05. The van der Waals surface area contributed by atoms with Gasteiger partial charge in [0.1, 0.15) is 11.4 Å². The van der Waals surface area contributed by atoms with Crippen LogP contribution >= 0.6 is 83.1 Å². The summed E-state index contributed by atoms with van der Waals surface area (Å²) in [6.45, 7) is 4.26. The van der Waals surface area contributed by atoms with Crippen molar-refractivity contribution >= 4 is 112 Å². The van der Waals surface area contributed by atoms with Crippen LogP contribution in [0.2, 0.25) is 10.0 Å². The summed E-state index contributed by atoms with van der Waals surface area (Å²) in [5, 5.41) is 21.6. The fourth-order valence-electron chi connectivity index (χ4n) is 3.17. The molecule has 0 saturated carbocycles. The van der Waals surface area contributed by atoms with Crippen LogP contribution in [-0.2, 0) is 9.66 Å². The van der Waals surface area contributed by atoms with Crippen LogP contribution in [0, 0.1) is 20.2 Å². The van der Waals surface area contributed by atoms with Gasteiger partial charge in [0, 0.05) is 24.5 Å². The Bertz CT molecular complexity index is 1250. The Kier molecular flexibility index (Phi) is 16.7. The van der Waals surface area contributed by atoms with E-state index in [1.165, 1.54) is 31.0 Å². The molecule has 6 N–H and O–H groups in total. The first kappa shape index (κ1) is 36.3. The summed E-state index contributed by atoms with van der Waals surface area (Å²) in [4.78, 5) is 19.6. The van der Waals surface area contributed by atoms with Gasteiger partial charge in [0.15, 0.2) is 0 Å². The normalized spacial score (nSPS) is 15.7. The van der Waals surface area contributed by atoms with E-state index in [-0.39, 0.29) is 38.4 Å². The van der Waals surface area contributed by atoms with Crippen molar-refractivity contribution < 1.29 is 19.5 Å². The van der Waals surface area contributed by atoms with E-state index in [0.717, 1.165) is 6.07 Å². The summed E-state index contributed by atoms with van der Waals surface area (Å²) in [7, 11) is 0. The quantitative estimate of drug-likeness (QED) is 0.102. The Morgan fingerprint density at radius 3 is 1.64 bits per heavy atom. The van der Waals surface area contributed by atoms with Crippen LogP contribution in [0.5, 0.6) is 0 Å². The van der Waals surface area contributed by atoms with E-state index in [0.29, 0.717) is 22.9 Å². The molecule has 1 aliphatic rings. The third kappa shape index (κ3) is 13.2. The SMILES string of the molecule is CC1CCC(C)O1.Nc1cc(Cl)c(-n2cccc2)cc1[N+](=O)[O-].Nc1cc([N+](=O)[O-])c(N)cc1Cl.[I][V]([I])[I]. The van der Waals surface area contributed by atoms with E-state index in [1.807, 2.05) is 0 Å². The van der Waals surface area contributed by atoms with Crippen LogP contribution in [0.25, 0.3) is 5.69 Å². The van der Waals surface area contributed by atoms with Crippen LogP contribution < -0.4 is 17.2 Å². The van der Waals surface area contributed by atoms with E-state index >= 15 is 0 Å². The number of aromatic nitrogens is 1. The van der Waals surface area contributed by atoms with Crippen molar-refractivity contribution in [3.8, 4) is 5.69 Å². The molecule has 1 aliphatic heterocycles. The first-order valence-corrected chi connectivity index (χ1v) is 25.2. The van der Waals surface area contributed by atoms with E-state index < -0.39 is 9.85 Å². The molecule has 3 aromatic rings. The first-order chi connectivity index (χ1) is 18.1. The van der Waals surface area contributed by atoms with Crippen molar-refractivity contribution in [1.29, 1.82) is 0 Å². The Morgan fingerprint density at radius 1 is 0.846 bits per heavy atom. The molecule has 0 aliphatic carbocycles. The molecule has 11 nitrogen and oxygen atoms in total. The van der Waals surface area contributed by atoms with E-state index in [4.69, 9.17) is 45.1 Å². The average Bonchev–Trinajstić information content (AvgIpc) is 3.48. The number of halogens is 5. The van der Waals surface area contributed by atoms with E-state index in [1.54, 1.807) is 29.1 Å². The standard InChI is InChI=1S/C10H8ClN3O2.C6H6ClN3O2.C6H12O.3HI.V/c11-7-5-8(12)10(14(15)16)6-9(7)13-3-1-2-4-13;7-3-1-5(9)6(10(11)12)2-4(3)8;1-5-3-4-6(2)7-5;;;;/h1-6H,12H2;1-2H,8-9H2;5-6H,3-4H2,1-2H3;3*1H;/q;;;;;;+3/p-3. The van der Waals surface area contributed by atoms with Crippen molar-refractivity contribution in [2.75, 3.05) is 17.2 Å². The van der Waals surface area contributed by atoms with Gasteiger partial charge in [0.2, 0.25) is 0 Å². The van der Waals surface area contributed by atoms with Gasteiger partial charge in [0.25, 0.3) is 11.4 Å². The molecule has 2 atom stereocenters. The summed E-state index contributed by atoms with van der Waals surface area (Å²) in [5.74, 6) is 0. The molecule has 1 aromatic heterocycles. The molecule has 1 fully saturated rings. The number of rotatable bonds is 3. The average molecular weight is 957 g/mol. The van der Waals surface area contributed by atoms with Crippen molar-refractivity contribution in [2.45, 2.75) is 38.9 Å². The molecule has 39 heavy (non-hydrogen) atoms. The van der Waals surface area contributed by atoms with Gasteiger partial charge in [-0.05, 0) is 51.0 Å². The summed E-state index contributed by atoms with van der Waals surface area (Å²) in [6, 6.07) is 8.75. The fraction of sp³-hybridized carbons (Fsp3) is 0.273. The second-order valence-corrected chi connectivity index (χ2v) is 44.1. The van der Waals surface area contributed by atoms with Crippen LogP contribution in [0.15, 0.2) is 48.8 Å². The fourth-order valence-corrected chi connectivity index (χ4v) is 3.61. The molecule has 2 unspecified atom stereocenters. The second kappa shape index (κ2) is 17.9. The third-order valence-electron chi connectivity index (χ3n) is 4.96. The summed E-state index contributed by atoms with van der Waals surface area (Å²) in [5.41, 5.74) is 16.5. The summed E-state index contributed by atoms with van der Waals surface area (Å²) >= 11 is 18.9. The Hall–Kier alpha value is -0.766. The van der Waals surface area contributed by atoms with Crippen molar-refractivity contribution in [3.63, 3.8) is 0 Å². The molecule has 0 bridgehead atoms. The van der Waals surface area contributed by atoms with Gasteiger partial charge < -0.3 is 26.5 Å². The molecule has 4 rings (SSSR count). The number of ether oxygens (including phenoxy) is 1. The molecule has 2 heterocycles. The molecular weight excluding hydrogens is 931 g/mol. The Morgan fingerprint density at radius 2 is 1.26 bits per heavy atom. The van der Waals surface area contributed by atoms with Crippen molar-refractivity contribution in [1.82, 2.24) is 4.57 Å². The molecule has 214 valence electrons. The van der Waals surface area contributed by atoms with Gasteiger partial charge in [-0.15, -0.1) is 0 Å². The van der Waals surface area contributed by atoms with Crippen LogP contribution in [0.3, 0.4) is 0 Å². The number of hydrogen-bond donors (Lipinski definition) is 3. The van der Waals surface area contributed by atoms with Gasteiger partial charge in [-0.2, -0.15) is 0 Å². The Balaban J connectivity index is 0.000000290. The topological polar surface area (TPSA) is 178 Å². The molecule has 1 saturated heterocycles. The zero-order valence-electron chi connectivity index (χ0n) is 20.6. The molecule has 0 amide bonds. The minimum atomic E-state index is -0.609. The molecule has 0 radical (unpaired) electrons. The number of nitrogen functional groups attached to an aromatic ring is 3. The van der Waals surface area contributed by atoms with Crippen molar-refractivity contribution in [3.05, 3.63) is 79.1 Å². The Labute approximate surface area is 273 Å². The number of nitrogens with zero attached hydrogens (tertiary/aromatic N) is 3. The summed E-state index contributed by atoms with van der Waals surface area (Å²) < 4.78 is 7.05. The van der Waals surface area contributed by atoms with Crippen LogP contribution in [0.1, 0.15) is 26.7 Å². The predicted molar refractivity (Wildman–Crippen MR) is 180 cm³/mol. The molecular formula is C22H26Cl2I3N6O5V. The molecule has 17 heteroatoms. The van der Waals surface area contributed by atoms with Gasteiger partial charge in [-0.25, -0.2) is 0 Å². The number of hydrogen-bond acceptors (Lipinski definition) is 8. The second-order valence-electron chi connectivity index (χ2n) is 7.93. The molecule has 0 spiro atoms.